The molecule has 0 saturated carbocycles. The highest BCUT2D eigenvalue weighted by Gasteiger charge is 2.43. The summed E-state index contributed by atoms with van der Waals surface area (Å²) in [6.07, 6.45) is -0.184. The first-order valence-electron chi connectivity index (χ1n) is 4.50. The number of methoxy groups -OCH3 is 1. The first-order chi connectivity index (χ1) is 6.35. The Labute approximate surface area is 97.5 Å². The number of thioether (sulfide) groups is 1. The number of amides is 1. The number of hydrogen-bond acceptors (Lipinski definition) is 3. The normalized spacial score (nSPS) is 33.2. The lowest BCUT2D eigenvalue weighted by Crippen LogP contribution is -2.34. The van der Waals surface area contributed by atoms with Gasteiger partial charge in [0.25, 0.3) is 0 Å². The Morgan fingerprint density at radius 3 is 2.50 bits per heavy atom. The molecular formula is C9H16BrNO2S. The fraction of sp³-hybridized carbons (Fsp3) is 0.889. The van der Waals surface area contributed by atoms with Crippen LogP contribution >= 0.6 is 27.7 Å². The van der Waals surface area contributed by atoms with Gasteiger partial charge in [-0.15, -0.1) is 11.8 Å². The molecule has 0 spiro atoms. The molecule has 0 aliphatic carbocycles. The predicted molar refractivity (Wildman–Crippen MR) is 62.8 cm³/mol. The van der Waals surface area contributed by atoms with Crippen molar-refractivity contribution < 1.29 is 9.53 Å². The average Bonchev–Trinajstić information content (AvgIpc) is 2.30. The number of ether oxygens (including phenoxy) is 1. The van der Waals surface area contributed by atoms with Crippen molar-refractivity contribution in [2.75, 3.05) is 7.11 Å². The molecule has 0 radical (unpaired) electrons. The summed E-state index contributed by atoms with van der Waals surface area (Å²) in [5, 5.41) is 2.93. The highest BCUT2D eigenvalue weighted by Crippen LogP contribution is 2.37. The Hall–Kier alpha value is 0.260. The fourth-order valence-electron chi connectivity index (χ4n) is 1.33. The maximum Gasteiger partial charge on any atom is 0.237 e. The van der Waals surface area contributed by atoms with E-state index in [0.717, 1.165) is 0 Å². The van der Waals surface area contributed by atoms with E-state index < -0.39 is 0 Å². The molecule has 0 aromatic heterocycles. The zero-order valence-corrected chi connectivity index (χ0v) is 11.2. The van der Waals surface area contributed by atoms with Crippen LogP contribution in [0.25, 0.3) is 0 Å². The summed E-state index contributed by atoms with van der Waals surface area (Å²) in [6, 6.07) is 0. The summed E-state index contributed by atoms with van der Waals surface area (Å²) in [6.45, 7) is 6.40. The van der Waals surface area contributed by atoms with Gasteiger partial charge in [-0.05, 0) is 0 Å². The van der Waals surface area contributed by atoms with Crippen molar-refractivity contribution in [3.05, 3.63) is 0 Å². The molecule has 1 N–H and O–H groups in total. The van der Waals surface area contributed by atoms with Gasteiger partial charge in [0, 0.05) is 11.9 Å². The maximum absolute atomic E-state index is 11.4. The van der Waals surface area contributed by atoms with Crippen LogP contribution in [0.3, 0.4) is 0 Å². The quantitative estimate of drug-likeness (QED) is 0.784. The molecule has 0 aromatic carbocycles. The van der Waals surface area contributed by atoms with E-state index in [-0.39, 0.29) is 27.0 Å². The van der Waals surface area contributed by atoms with Crippen LogP contribution in [0.1, 0.15) is 20.8 Å². The smallest absolute Gasteiger partial charge is 0.237 e. The summed E-state index contributed by atoms with van der Waals surface area (Å²) in [4.78, 5) is 11.2. The SMILES string of the molecule is CO[C@H]1NC(=O)[C@H](Br)[C@@H]1SC(C)(C)C. The van der Waals surface area contributed by atoms with Gasteiger partial charge in [0.05, 0.1) is 5.25 Å². The molecule has 1 fully saturated rings. The van der Waals surface area contributed by atoms with Gasteiger partial charge in [-0.25, -0.2) is 0 Å². The average molecular weight is 282 g/mol. The summed E-state index contributed by atoms with van der Waals surface area (Å²) in [5.74, 6) is 0.0126. The Bertz CT molecular complexity index is 229. The monoisotopic (exact) mass is 281 g/mol. The Morgan fingerprint density at radius 2 is 2.07 bits per heavy atom. The molecule has 5 heteroatoms. The van der Waals surface area contributed by atoms with Gasteiger partial charge in [0.15, 0.2) is 0 Å². The van der Waals surface area contributed by atoms with E-state index >= 15 is 0 Å². The van der Waals surface area contributed by atoms with Crippen molar-refractivity contribution >= 4 is 33.6 Å². The Morgan fingerprint density at radius 1 is 1.50 bits per heavy atom. The Kier molecular flexibility index (Phi) is 3.88. The Balaban J connectivity index is 2.69. The van der Waals surface area contributed by atoms with Crippen molar-refractivity contribution in [2.24, 2.45) is 0 Å². The molecule has 14 heavy (non-hydrogen) atoms. The molecule has 3 atom stereocenters. The number of rotatable bonds is 2. The number of alkyl halides is 1. The van der Waals surface area contributed by atoms with Crippen LogP contribution in [-0.2, 0) is 9.53 Å². The standard InChI is InChI=1S/C9H16BrNO2S/c1-9(2,3)14-6-5(10)7(12)11-8(6)13-4/h5-6,8H,1-4H3,(H,11,12)/t5-,6+,8-/m1/s1. The van der Waals surface area contributed by atoms with Gasteiger partial charge in [-0.3, -0.25) is 4.79 Å². The number of hydrogen-bond donors (Lipinski definition) is 1. The molecular weight excluding hydrogens is 266 g/mol. The van der Waals surface area contributed by atoms with E-state index in [0.29, 0.717) is 0 Å². The molecule has 82 valence electrons. The lowest BCUT2D eigenvalue weighted by Gasteiger charge is -2.26. The number of nitrogens with one attached hydrogen (secondary N) is 1. The van der Waals surface area contributed by atoms with Crippen molar-refractivity contribution in [1.29, 1.82) is 0 Å². The molecule has 0 unspecified atom stereocenters. The highest BCUT2D eigenvalue weighted by atomic mass is 79.9. The first-order valence-corrected chi connectivity index (χ1v) is 6.30. The predicted octanol–water partition coefficient (Wildman–Crippen LogP) is 1.75. The number of carbonyl (C=O) groups is 1. The summed E-state index contributed by atoms with van der Waals surface area (Å²) in [5.41, 5.74) is 0. The fourth-order valence-corrected chi connectivity index (χ4v) is 3.42. The van der Waals surface area contributed by atoms with Gasteiger partial charge >= 0.3 is 0 Å². The van der Waals surface area contributed by atoms with E-state index in [1.807, 2.05) is 0 Å². The van der Waals surface area contributed by atoms with E-state index in [4.69, 9.17) is 4.74 Å². The van der Waals surface area contributed by atoms with Gasteiger partial charge in [0.1, 0.15) is 11.1 Å². The lowest BCUT2D eigenvalue weighted by molar-refractivity contribution is -0.120. The largest absolute Gasteiger partial charge is 0.360 e. The highest BCUT2D eigenvalue weighted by molar-refractivity contribution is 9.10. The van der Waals surface area contributed by atoms with Gasteiger partial charge in [-0.1, -0.05) is 36.7 Å². The minimum atomic E-state index is -0.184. The van der Waals surface area contributed by atoms with Gasteiger partial charge in [0.2, 0.25) is 5.91 Å². The number of carbonyl (C=O) groups excluding carboxylic acids is 1. The molecule has 1 aliphatic rings. The molecule has 1 aliphatic heterocycles. The molecule has 1 amide bonds. The second kappa shape index (κ2) is 4.41. The van der Waals surface area contributed by atoms with Crippen molar-refractivity contribution in [2.45, 2.75) is 41.8 Å². The van der Waals surface area contributed by atoms with E-state index in [2.05, 4.69) is 42.0 Å². The molecule has 1 saturated heterocycles. The molecule has 1 heterocycles. The van der Waals surface area contributed by atoms with Crippen molar-refractivity contribution in [1.82, 2.24) is 5.32 Å². The van der Waals surface area contributed by atoms with Crippen LogP contribution in [0.15, 0.2) is 0 Å². The van der Waals surface area contributed by atoms with Crippen LogP contribution in [0.2, 0.25) is 0 Å². The molecule has 0 bridgehead atoms. The maximum atomic E-state index is 11.4. The van der Waals surface area contributed by atoms with Crippen LogP contribution < -0.4 is 5.32 Å². The summed E-state index contributed by atoms with van der Waals surface area (Å²) >= 11 is 5.14. The molecule has 1 rings (SSSR count). The molecule has 3 nitrogen and oxygen atoms in total. The van der Waals surface area contributed by atoms with Gasteiger partial charge in [-0.2, -0.15) is 0 Å². The third kappa shape index (κ3) is 2.87. The van der Waals surface area contributed by atoms with Crippen molar-refractivity contribution in [3.8, 4) is 0 Å². The van der Waals surface area contributed by atoms with Crippen LogP contribution in [0, 0.1) is 0 Å². The van der Waals surface area contributed by atoms with Crippen LogP contribution in [-0.4, -0.2) is 34.1 Å². The third-order valence-electron chi connectivity index (χ3n) is 1.87. The second-order valence-corrected chi connectivity index (χ2v) is 7.25. The zero-order chi connectivity index (χ0) is 10.9. The number of halogens is 1. The molecule has 0 aromatic rings. The second-order valence-electron chi connectivity index (χ2n) is 4.26. The summed E-state index contributed by atoms with van der Waals surface area (Å²) in [7, 11) is 1.62. The van der Waals surface area contributed by atoms with E-state index in [1.165, 1.54) is 0 Å². The topological polar surface area (TPSA) is 38.3 Å². The first kappa shape index (κ1) is 12.3. The minimum Gasteiger partial charge on any atom is -0.360 e. The van der Waals surface area contributed by atoms with E-state index in [1.54, 1.807) is 18.9 Å². The van der Waals surface area contributed by atoms with Crippen LogP contribution in [0.5, 0.6) is 0 Å². The van der Waals surface area contributed by atoms with E-state index in [9.17, 15) is 4.79 Å². The van der Waals surface area contributed by atoms with Gasteiger partial charge < -0.3 is 10.1 Å². The minimum absolute atomic E-state index is 0.0126. The third-order valence-corrected chi connectivity index (χ3v) is 4.70. The van der Waals surface area contributed by atoms with Crippen molar-refractivity contribution in [3.63, 3.8) is 0 Å². The summed E-state index contributed by atoms with van der Waals surface area (Å²) < 4.78 is 5.35. The zero-order valence-electron chi connectivity index (χ0n) is 8.83. The van der Waals surface area contributed by atoms with Crippen LogP contribution in [0.4, 0.5) is 0 Å². The lowest BCUT2D eigenvalue weighted by atomic mass is 10.3.